The lowest BCUT2D eigenvalue weighted by atomic mass is 9.98. The third kappa shape index (κ3) is 1.98. The molecule has 0 fully saturated rings. The van der Waals surface area contributed by atoms with Gasteiger partial charge in [0, 0.05) is 5.02 Å². The van der Waals surface area contributed by atoms with Crippen LogP contribution in [0, 0.1) is 0 Å². The van der Waals surface area contributed by atoms with E-state index in [9.17, 15) is 23.1 Å². The molecule has 1 heterocycles. The molecule has 1 aromatic rings. The average Bonchev–Trinajstić information content (AvgIpc) is 2.17. The van der Waals surface area contributed by atoms with E-state index < -0.39 is 24.2 Å². The smallest absolute Gasteiger partial charge is 0.452 e. The number of carbonyl (C=O) groups excluding carboxylic acids is 1. The Labute approximate surface area is 98.8 Å². The Kier molecular flexibility index (Phi) is 2.59. The van der Waals surface area contributed by atoms with Gasteiger partial charge in [0.2, 0.25) is 0 Å². The number of hydrogen-bond donors (Lipinski definition) is 1. The fourth-order valence-electron chi connectivity index (χ4n) is 1.50. The second-order valence-corrected chi connectivity index (χ2v) is 4.06. The summed E-state index contributed by atoms with van der Waals surface area (Å²) in [6, 6.07) is 3.59. The monoisotopic (exact) mass is 266 g/mol. The minimum absolute atomic E-state index is 0.0635. The Morgan fingerprint density at radius 2 is 2.06 bits per heavy atom. The summed E-state index contributed by atoms with van der Waals surface area (Å²) in [6.07, 6.45) is -6.22. The fraction of sp³-hybridized carbons (Fsp3) is 0.300. The Morgan fingerprint density at radius 3 is 2.65 bits per heavy atom. The Morgan fingerprint density at radius 1 is 1.41 bits per heavy atom. The largest absolute Gasteiger partial charge is 0.455 e. The van der Waals surface area contributed by atoms with Crippen LogP contribution >= 0.6 is 11.6 Å². The van der Waals surface area contributed by atoms with Gasteiger partial charge in [-0.25, -0.2) is 0 Å². The number of rotatable bonds is 0. The van der Waals surface area contributed by atoms with Crippen LogP contribution in [-0.2, 0) is 0 Å². The standard InChI is InChI=1S/C10H6ClF3O3/c11-5-1-2-8-6(3-5)7(15)4-9(16,17-8)10(12,13)14/h1-3,16H,4H2. The summed E-state index contributed by atoms with van der Waals surface area (Å²) in [4.78, 5) is 11.5. The molecule has 2 rings (SSSR count). The number of halogens is 4. The van der Waals surface area contributed by atoms with Gasteiger partial charge in [0.05, 0.1) is 12.0 Å². The van der Waals surface area contributed by atoms with Crippen LogP contribution in [0.25, 0.3) is 0 Å². The fourth-order valence-corrected chi connectivity index (χ4v) is 1.67. The van der Waals surface area contributed by atoms with E-state index in [0.29, 0.717) is 0 Å². The SMILES string of the molecule is O=C1CC(O)(C(F)(F)F)Oc2ccc(Cl)cc21. The van der Waals surface area contributed by atoms with Crippen LogP contribution in [0.15, 0.2) is 18.2 Å². The molecule has 0 saturated heterocycles. The van der Waals surface area contributed by atoms with Crippen molar-refractivity contribution >= 4 is 17.4 Å². The zero-order valence-electron chi connectivity index (χ0n) is 8.21. The molecule has 1 aliphatic heterocycles. The molecule has 1 N–H and O–H groups in total. The molecule has 0 aliphatic carbocycles. The van der Waals surface area contributed by atoms with E-state index in [1.165, 1.54) is 12.1 Å². The molecule has 7 heteroatoms. The van der Waals surface area contributed by atoms with Gasteiger partial charge in [-0.2, -0.15) is 13.2 Å². The van der Waals surface area contributed by atoms with Crippen molar-refractivity contribution in [1.29, 1.82) is 0 Å². The summed E-state index contributed by atoms with van der Waals surface area (Å²) >= 11 is 5.61. The topological polar surface area (TPSA) is 46.5 Å². The molecule has 1 atom stereocenters. The van der Waals surface area contributed by atoms with Crippen LogP contribution in [0.3, 0.4) is 0 Å². The van der Waals surface area contributed by atoms with Crippen molar-refractivity contribution in [3.05, 3.63) is 28.8 Å². The first-order valence-electron chi connectivity index (χ1n) is 4.54. The maximum atomic E-state index is 12.5. The molecule has 0 amide bonds. The Hall–Kier alpha value is -1.27. The van der Waals surface area contributed by atoms with Crippen molar-refractivity contribution in [2.24, 2.45) is 0 Å². The number of aliphatic hydroxyl groups is 1. The summed E-state index contributed by atoms with van der Waals surface area (Å²) in [5.41, 5.74) is -0.0635. The van der Waals surface area contributed by atoms with E-state index in [-0.39, 0.29) is 16.3 Å². The molecule has 3 nitrogen and oxygen atoms in total. The van der Waals surface area contributed by atoms with E-state index in [2.05, 4.69) is 4.74 Å². The van der Waals surface area contributed by atoms with E-state index in [1.807, 2.05) is 0 Å². The van der Waals surface area contributed by atoms with E-state index >= 15 is 0 Å². The van der Waals surface area contributed by atoms with Crippen molar-refractivity contribution in [2.75, 3.05) is 0 Å². The Balaban J connectivity index is 2.47. The van der Waals surface area contributed by atoms with Crippen molar-refractivity contribution < 1.29 is 27.8 Å². The quantitative estimate of drug-likeness (QED) is 0.785. The molecule has 1 unspecified atom stereocenters. The van der Waals surface area contributed by atoms with E-state index in [4.69, 9.17) is 11.6 Å². The van der Waals surface area contributed by atoms with Crippen LogP contribution in [0.1, 0.15) is 16.8 Å². The summed E-state index contributed by atoms with van der Waals surface area (Å²) < 4.78 is 42.0. The zero-order chi connectivity index (χ0) is 12.8. The molecular formula is C10H6ClF3O3. The van der Waals surface area contributed by atoms with Gasteiger partial charge in [0.25, 0.3) is 0 Å². The number of alkyl halides is 3. The normalized spacial score (nSPS) is 24.2. The maximum Gasteiger partial charge on any atom is 0.455 e. The maximum absolute atomic E-state index is 12.5. The minimum Gasteiger partial charge on any atom is -0.452 e. The van der Waals surface area contributed by atoms with Gasteiger partial charge in [0.15, 0.2) is 5.78 Å². The molecular weight excluding hydrogens is 261 g/mol. The van der Waals surface area contributed by atoms with Crippen LogP contribution in [-0.4, -0.2) is 22.9 Å². The summed E-state index contributed by atoms with van der Waals surface area (Å²) in [6.45, 7) is 0. The van der Waals surface area contributed by atoms with Gasteiger partial charge >= 0.3 is 12.0 Å². The number of fused-ring (bicyclic) bond motifs is 1. The molecule has 1 aliphatic rings. The van der Waals surface area contributed by atoms with Crippen LogP contribution in [0.2, 0.25) is 5.02 Å². The second-order valence-electron chi connectivity index (χ2n) is 3.62. The highest BCUT2D eigenvalue weighted by atomic mass is 35.5. The first kappa shape index (κ1) is 12.2. The van der Waals surface area contributed by atoms with Crippen molar-refractivity contribution in [3.8, 4) is 5.75 Å². The van der Waals surface area contributed by atoms with Crippen LogP contribution in [0.5, 0.6) is 5.75 Å². The highest BCUT2D eigenvalue weighted by molar-refractivity contribution is 6.31. The van der Waals surface area contributed by atoms with E-state index in [1.54, 1.807) is 0 Å². The van der Waals surface area contributed by atoms with Crippen molar-refractivity contribution in [1.82, 2.24) is 0 Å². The summed E-state index contributed by atoms with van der Waals surface area (Å²) in [7, 11) is 0. The lowest BCUT2D eigenvalue weighted by molar-refractivity contribution is -0.334. The van der Waals surface area contributed by atoms with Crippen molar-refractivity contribution in [3.63, 3.8) is 0 Å². The number of carbonyl (C=O) groups is 1. The number of hydrogen-bond acceptors (Lipinski definition) is 3. The molecule has 92 valence electrons. The van der Waals surface area contributed by atoms with Gasteiger partial charge in [-0.05, 0) is 18.2 Å². The zero-order valence-corrected chi connectivity index (χ0v) is 8.97. The molecule has 1 aromatic carbocycles. The molecule has 0 aromatic heterocycles. The predicted molar refractivity (Wildman–Crippen MR) is 52.0 cm³/mol. The van der Waals surface area contributed by atoms with Gasteiger partial charge < -0.3 is 9.84 Å². The predicted octanol–water partition coefficient (Wildman–Crippen LogP) is 2.56. The van der Waals surface area contributed by atoms with Gasteiger partial charge in [-0.15, -0.1) is 0 Å². The number of benzene rings is 1. The third-order valence-electron chi connectivity index (χ3n) is 2.36. The Bertz CT molecular complexity index is 486. The molecule has 0 spiro atoms. The van der Waals surface area contributed by atoms with Crippen molar-refractivity contribution in [2.45, 2.75) is 18.4 Å². The molecule has 0 saturated carbocycles. The van der Waals surface area contributed by atoms with Gasteiger partial charge in [0.1, 0.15) is 5.75 Å². The number of Topliss-reactive ketones (excluding diaryl/α,β-unsaturated/α-hetero) is 1. The summed E-state index contributed by atoms with van der Waals surface area (Å²) in [5, 5.41) is 9.50. The lowest BCUT2D eigenvalue weighted by Crippen LogP contribution is -2.53. The highest BCUT2D eigenvalue weighted by Crippen LogP contribution is 2.41. The first-order chi connectivity index (χ1) is 7.73. The number of ketones is 1. The minimum atomic E-state index is -5.04. The molecule has 0 radical (unpaired) electrons. The van der Waals surface area contributed by atoms with Crippen LogP contribution < -0.4 is 4.74 Å². The summed E-state index contributed by atoms with van der Waals surface area (Å²) in [5.74, 6) is -4.66. The lowest BCUT2D eigenvalue weighted by Gasteiger charge is -2.34. The average molecular weight is 267 g/mol. The van der Waals surface area contributed by atoms with E-state index in [0.717, 1.165) is 6.07 Å². The second kappa shape index (κ2) is 3.61. The van der Waals surface area contributed by atoms with Gasteiger partial charge in [-0.1, -0.05) is 11.6 Å². The molecule has 17 heavy (non-hydrogen) atoms. The van der Waals surface area contributed by atoms with Gasteiger partial charge in [-0.3, -0.25) is 4.79 Å². The third-order valence-corrected chi connectivity index (χ3v) is 2.60. The number of ether oxygens (including phenoxy) is 1. The van der Waals surface area contributed by atoms with Crippen LogP contribution in [0.4, 0.5) is 13.2 Å². The highest BCUT2D eigenvalue weighted by Gasteiger charge is 2.59. The first-order valence-corrected chi connectivity index (χ1v) is 4.92. The molecule has 0 bridgehead atoms.